The van der Waals surface area contributed by atoms with E-state index >= 15 is 0 Å². The van der Waals surface area contributed by atoms with Crippen LogP contribution in [0.2, 0.25) is 0 Å². The number of halogens is 1. The van der Waals surface area contributed by atoms with Crippen LogP contribution >= 0.6 is 15.9 Å². The first-order valence-electron chi connectivity index (χ1n) is 5.93. The molecular formula is C12H16BrNO3S. The van der Waals surface area contributed by atoms with Crippen molar-refractivity contribution in [2.75, 3.05) is 12.4 Å². The van der Waals surface area contributed by atoms with Crippen molar-refractivity contribution in [3.8, 4) is 5.75 Å². The Morgan fingerprint density at radius 2 is 2.22 bits per heavy atom. The van der Waals surface area contributed by atoms with Crippen molar-refractivity contribution in [3.63, 3.8) is 0 Å². The summed E-state index contributed by atoms with van der Waals surface area (Å²) in [6.45, 7) is 2.80. The van der Waals surface area contributed by atoms with Gasteiger partial charge < -0.3 is 4.74 Å². The lowest BCUT2D eigenvalue weighted by atomic mass is 10.1. The molecule has 18 heavy (non-hydrogen) atoms. The fourth-order valence-electron chi connectivity index (χ4n) is 2.01. The molecule has 6 heteroatoms. The molecule has 0 saturated carbocycles. The van der Waals surface area contributed by atoms with Crippen LogP contribution in [0.15, 0.2) is 16.6 Å². The molecule has 0 atom stereocenters. The van der Waals surface area contributed by atoms with Crippen LogP contribution in [-0.4, -0.2) is 20.8 Å². The van der Waals surface area contributed by atoms with Crippen LogP contribution in [0.5, 0.6) is 5.75 Å². The maximum absolute atomic E-state index is 11.6. The van der Waals surface area contributed by atoms with E-state index in [9.17, 15) is 8.42 Å². The van der Waals surface area contributed by atoms with Gasteiger partial charge in [-0.05, 0) is 24.1 Å². The predicted octanol–water partition coefficient (Wildman–Crippen LogP) is 2.21. The summed E-state index contributed by atoms with van der Waals surface area (Å²) in [7, 11) is -3.18. The van der Waals surface area contributed by atoms with Gasteiger partial charge in [0.2, 0.25) is 10.0 Å². The SMILES string of the molecule is CCCS(=O)(=O)NCc1cc(Br)cc2c1OCC2. The zero-order valence-corrected chi connectivity index (χ0v) is 12.6. The molecule has 0 saturated heterocycles. The van der Waals surface area contributed by atoms with Gasteiger partial charge in [0.25, 0.3) is 0 Å². The number of sulfonamides is 1. The van der Waals surface area contributed by atoms with Crippen LogP contribution in [0.25, 0.3) is 0 Å². The molecule has 1 aromatic rings. The van der Waals surface area contributed by atoms with Crippen molar-refractivity contribution in [2.45, 2.75) is 26.3 Å². The Balaban J connectivity index is 2.15. The van der Waals surface area contributed by atoms with E-state index in [0.29, 0.717) is 13.0 Å². The summed E-state index contributed by atoms with van der Waals surface area (Å²) < 4.78 is 32.4. The molecule has 1 aliphatic rings. The van der Waals surface area contributed by atoms with Gasteiger partial charge in [0, 0.05) is 23.0 Å². The van der Waals surface area contributed by atoms with Gasteiger partial charge in [-0.2, -0.15) is 0 Å². The summed E-state index contributed by atoms with van der Waals surface area (Å²) in [4.78, 5) is 0. The second-order valence-electron chi connectivity index (χ2n) is 4.29. The smallest absolute Gasteiger partial charge is 0.211 e. The average molecular weight is 334 g/mol. The lowest BCUT2D eigenvalue weighted by molar-refractivity contribution is 0.353. The minimum absolute atomic E-state index is 0.157. The van der Waals surface area contributed by atoms with Crippen molar-refractivity contribution < 1.29 is 13.2 Å². The Labute approximate surface area is 116 Å². The molecule has 0 aromatic heterocycles. The van der Waals surface area contributed by atoms with Crippen molar-refractivity contribution in [3.05, 3.63) is 27.7 Å². The van der Waals surface area contributed by atoms with Gasteiger partial charge in [-0.25, -0.2) is 13.1 Å². The standard InChI is InChI=1S/C12H16BrNO3S/c1-2-5-18(15,16)14-8-10-7-11(13)6-9-3-4-17-12(9)10/h6-7,14H,2-5,8H2,1H3. The summed E-state index contributed by atoms with van der Waals surface area (Å²) >= 11 is 3.43. The zero-order valence-electron chi connectivity index (χ0n) is 10.2. The number of benzene rings is 1. The number of nitrogens with one attached hydrogen (secondary N) is 1. The van der Waals surface area contributed by atoms with Crippen molar-refractivity contribution in [1.82, 2.24) is 4.72 Å². The number of ether oxygens (including phenoxy) is 1. The van der Waals surface area contributed by atoms with Crippen LogP contribution < -0.4 is 9.46 Å². The molecule has 0 amide bonds. The normalized spacial score (nSPS) is 14.3. The molecule has 1 N–H and O–H groups in total. The average Bonchev–Trinajstić information content (AvgIpc) is 2.73. The third kappa shape index (κ3) is 3.24. The van der Waals surface area contributed by atoms with Crippen molar-refractivity contribution >= 4 is 26.0 Å². The second-order valence-corrected chi connectivity index (χ2v) is 7.13. The number of rotatable bonds is 5. The molecule has 0 radical (unpaired) electrons. The maximum Gasteiger partial charge on any atom is 0.211 e. The third-order valence-corrected chi connectivity index (χ3v) is 4.77. The third-order valence-electron chi connectivity index (χ3n) is 2.78. The highest BCUT2D eigenvalue weighted by Crippen LogP contribution is 2.32. The largest absolute Gasteiger partial charge is 0.493 e. The summed E-state index contributed by atoms with van der Waals surface area (Å²) in [5.41, 5.74) is 2.02. The Hall–Kier alpha value is -0.590. The van der Waals surface area contributed by atoms with Crippen LogP contribution in [0.1, 0.15) is 24.5 Å². The Morgan fingerprint density at radius 1 is 1.44 bits per heavy atom. The maximum atomic E-state index is 11.6. The first-order valence-corrected chi connectivity index (χ1v) is 8.38. The molecule has 1 aliphatic heterocycles. The minimum atomic E-state index is -3.18. The molecule has 0 unspecified atom stereocenters. The van der Waals surface area contributed by atoms with E-state index in [1.807, 2.05) is 19.1 Å². The molecular weight excluding hydrogens is 318 g/mol. The van der Waals surface area contributed by atoms with Crippen LogP contribution in [0, 0.1) is 0 Å². The fourth-order valence-corrected chi connectivity index (χ4v) is 3.62. The topological polar surface area (TPSA) is 55.4 Å². The molecule has 1 aromatic carbocycles. The van der Waals surface area contributed by atoms with Crippen LogP contribution in [0.3, 0.4) is 0 Å². The predicted molar refractivity (Wildman–Crippen MR) is 74.3 cm³/mol. The van der Waals surface area contributed by atoms with Gasteiger partial charge >= 0.3 is 0 Å². The highest BCUT2D eigenvalue weighted by molar-refractivity contribution is 9.10. The fraction of sp³-hybridized carbons (Fsp3) is 0.500. The number of hydrogen-bond acceptors (Lipinski definition) is 3. The Bertz CT molecular complexity index is 542. The first-order chi connectivity index (χ1) is 8.52. The quantitative estimate of drug-likeness (QED) is 0.898. The molecule has 0 aliphatic carbocycles. The van der Waals surface area contributed by atoms with Gasteiger partial charge in [0.15, 0.2) is 0 Å². The zero-order chi connectivity index (χ0) is 13.2. The van der Waals surface area contributed by atoms with Gasteiger partial charge in [-0.3, -0.25) is 0 Å². The van der Waals surface area contributed by atoms with Gasteiger partial charge in [0.1, 0.15) is 5.75 Å². The van der Waals surface area contributed by atoms with Crippen molar-refractivity contribution in [2.24, 2.45) is 0 Å². The van der Waals surface area contributed by atoms with E-state index in [-0.39, 0.29) is 12.3 Å². The molecule has 2 rings (SSSR count). The Morgan fingerprint density at radius 3 is 2.94 bits per heavy atom. The molecule has 100 valence electrons. The van der Waals surface area contributed by atoms with E-state index in [1.54, 1.807) is 0 Å². The van der Waals surface area contributed by atoms with E-state index in [1.165, 1.54) is 0 Å². The molecule has 4 nitrogen and oxygen atoms in total. The lowest BCUT2D eigenvalue weighted by Crippen LogP contribution is -2.25. The van der Waals surface area contributed by atoms with Gasteiger partial charge in [-0.1, -0.05) is 22.9 Å². The summed E-state index contributed by atoms with van der Waals surface area (Å²) in [5.74, 6) is 0.988. The number of fused-ring (bicyclic) bond motifs is 1. The number of hydrogen-bond donors (Lipinski definition) is 1. The molecule has 0 bridgehead atoms. The van der Waals surface area contributed by atoms with Crippen LogP contribution in [0.4, 0.5) is 0 Å². The highest BCUT2D eigenvalue weighted by Gasteiger charge is 2.18. The van der Waals surface area contributed by atoms with E-state index in [0.717, 1.165) is 27.8 Å². The second kappa shape index (κ2) is 5.59. The first kappa shape index (κ1) is 13.8. The minimum Gasteiger partial charge on any atom is -0.493 e. The molecule has 1 heterocycles. The lowest BCUT2D eigenvalue weighted by Gasteiger charge is -2.10. The van der Waals surface area contributed by atoms with E-state index in [4.69, 9.17) is 4.74 Å². The van der Waals surface area contributed by atoms with E-state index < -0.39 is 10.0 Å². The highest BCUT2D eigenvalue weighted by atomic mass is 79.9. The van der Waals surface area contributed by atoms with Gasteiger partial charge in [-0.15, -0.1) is 0 Å². The van der Waals surface area contributed by atoms with E-state index in [2.05, 4.69) is 20.7 Å². The van der Waals surface area contributed by atoms with Crippen LogP contribution in [-0.2, 0) is 23.0 Å². The monoisotopic (exact) mass is 333 g/mol. The summed E-state index contributed by atoms with van der Waals surface area (Å²) in [6.07, 6.45) is 1.49. The van der Waals surface area contributed by atoms with Crippen molar-refractivity contribution in [1.29, 1.82) is 0 Å². The molecule has 0 fully saturated rings. The van der Waals surface area contributed by atoms with Gasteiger partial charge in [0.05, 0.1) is 12.4 Å². The Kier molecular flexibility index (Phi) is 4.29. The summed E-state index contributed by atoms with van der Waals surface area (Å²) in [5, 5.41) is 0. The summed E-state index contributed by atoms with van der Waals surface area (Å²) in [6, 6.07) is 3.92. The molecule has 0 spiro atoms.